The molecule has 2 atom stereocenters. The van der Waals surface area contributed by atoms with Gasteiger partial charge in [0.15, 0.2) is 0 Å². The Labute approximate surface area is 101 Å². The van der Waals surface area contributed by atoms with Crippen molar-refractivity contribution >= 4 is 10.0 Å². The molecule has 3 N–H and O–H groups in total. The van der Waals surface area contributed by atoms with Crippen molar-refractivity contribution in [1.82, 2.24) is 14.5 Å². The first-order valence-electron chi connectivity index (χ1n) is 5.70. The van der Waals surface area contributed by atoms with Gasteiger partial charge in [-0.15, -0.1) is 0 Å². The minimum Gasteiger partial charge on any atom is -0.328 e. The summed E-state index contributed by atoms with van der Waals surface area (Å²) in [7, 11) is -3.44. The van der Waals surface area contributed by atoms with Gasteiger partial charge in [-0.3, -0.25) is 5.10 Å². The predicted octanol–water partition coefficient (Wildman–Crippen LogP) is 0.218. The van der Waals surface area contributed by atoms with Crippen LogP contribution in [0, 0.1) is 6.92 Å². The van der Waals surface area contributed by atoms with Crippen molar-refractivity contribution in [2.24, 2.45) is 5.73 Å². The molecule has 0 saturated carbocycles. The quantitative estimate of drug-likeness (QED) is 0.793. The highest BCUT2D eigenvalue weighted by molar-refractivity contribution is 7.89. The minimum absolute atomic E-state index is 0.0574. The summed E-state index contributed by atoms with van der Waals surface area (Å²) in [6, 6.07) is 0.0416. The summed E-state index contributed by atoms with van der Waals surface area (Å²) >= 11 is 0. The third-order valence-electron chi connectivity index (χ3n) is 3.23. The lowest BCUT2D eigenvalue weighted by molar-refractivity contribution is 0.247. The van der Waals surface area contributed by atoms with Gasteiger partial charge in [-0.2, -0.15) is 9.40 Å². The summed E-state index contributed by atoms with van der Waals surface area (Å²) in [6.45, 7) is 4.08. The van der Waals surface area contributed by atoms with Gasteiger partial charge in [0, 0.05) is 18.6 Å². The average molecular weight is 258 g/mol. The normalized spacial score (nSPS) is 27.2. The average Bonchev–Trinajstić information content (AvgIpc) is 2.64. The van der Waals surface area contributed by atoms with Crippen LogP contribution < -0.4 is 5.73 Å². The van der Waals surface area contributed by atoms with Crippen LogP contribution in [0.1, 0.15) is 25.5 Å². The molecule has 2 unspecified atom stereocenters. The lowest BCUT2D eigenvalue weighted by Crippen LogP contribution is -2.48. The largest absolute Gasteiger partial charge is 0.328 e. The lowest BCUT2D eigenvalue weighted by Gasteiger charge is -2.35. The molecule has 1 aromatic rings. The molecular weight excluding hydrogens is 240 g/mol. The van der Waals surface area contributed by atoms with E-state index in [1.165, 1.54) is 10.5 Å². The summed E-state index contributed by atoms with van der Waals surface area (Å²) in [5, 5.41) is 6.42. The number of aryl methyl sites for hydroxylation is 1. The maximum atomic E-state index is 12.4. The van der Waals surface area contributed by atoms with E-state index in [1.807, 2.05) is 6.92 Å². The second kappa shape index (κ2) is 4.40. The van der Waals surface area contributed by atoms with Crippen LogP contribution >= 0.6 is 0 Å². The second-order valence-corrected chi connectivity index (χ2v) is 6.47. The van der Waals surface area contributed by atoms with E-state index in [-0.39, 0.29) is 17.0 Å². The summed E-state index contributed by atoms with van der Waals surface area (Å²) < 4.78 is 26.3. The van der Waals surface area contributed by atoms with E-state index in [4.69, 9.17) is 5.73 Å². The number of hydrogen-bond donors (Lipinski definition) is 2. The molecule has 1 aromatic heterocycles. The standard InChI is InChI=1S/C10H18N4O2S/c1-7-5-9(11)3-4-14(7)17(15,16)10-6-12-13-8(10)2/h6-7,9H,3-5,11H2,1-2H3,(H,12,13). The van der Waals surface area contributed by atoms with E-state index >= 15 is 0 Å². The van der Waals surface area contributed by atoms with E-state index in [1.54, 1.807) is 6.92 Å². The van der Waals surface area contributed by atoms with Crippen molar-refractivity contribution in [2.45, 2.75) is 43.7 Å². The van der Waals surface area contributed by atoms with Crippen molar-refractivity contribution in [3.05, 3.63) is 11.9 Å². The first-order valence-corrected chi connectivity index (χ1v) is 7.14. The molecule has 1 aliphatic heterocycles. The first kappa shape index (κ1) is 12.5. The number of aromatic amines is 1. The maximum Gasteiger partial charge on any atom is 0.246 e. The van der Waals surface area contributed by atoms with Crippen molar-refractivity contribution < 1.29 is 8.42 Å². The van der Waals surface area contributed by atoms with Crippen molar-refractivity contribution in [2.75, 3.05) is 6.54 Å². The van der Waals surface area contributed by atoms with E-state index in [9.17, 15) is 8.42 Å². The highest BCUT2D eigenvalue weighted by atomic mass is 32.2. The molecule has 0 amide bonds. The minimum atomic E-state index is -3.44. The van der Waals surface area contributed by atoms with Crippen LogP contribution in [0.2, 0.25) is 0 Å². The number of nitrogens with two attached hydrogens (primary N) is 1. The zero-order chi connectivity index (χ0) is 12.6. The molecule has 0 aliphatic carbocycles. The van der Waals surface area contributed by atoms with Gasteiger partial charge in [0.1, 0.15) is 4.90 Å². The SMILES string of the molecule is Cc1[nH]ncc1S(=O)(=O)N1CCC(N)CC1C. The molecule has 0 radical (unpaired) electrons. The number of H-pyrrole nitrogens is 1. The molecule has 2 heterocycles. The lowest BCUT2D eigenvalue weighted by atomic mass is 10.0. The molecule has 1 aliphatic rings. The van der Waals surface area contributed by atoms with Gasteiger partial charge in [-0.1, -0.05) is 0 Å². The van der Waals surface area contributed by atoms with Crippen molar-refractivity contribution in [3.8, 4) is 0 Å². The van der Waals surface area contributed by atoms with Gasteiger partial charge in [-0.25, -0.2) is 8.42 Å². The van der Waals surface area contributed by atoms with E-state index in [0.29, 0.717) is 25.1 Å². The number of nitrogens with one attached hydrogen (secondary N) is 1. The predicted molar refractivity (Wildman–Crippen MR) is 63.9 cm³/mol. The Morgan fingerprint density at radius 1 is 1.59 bits per heavy atom. The summed E-state index contributed by atoms with van der Waals surface area (Å²) in [4.78, 5) is 0.264. The molecular formula is C10H18N4O2S. The highest BCUT2D eigenvalue weighted by Gasteiger charge is 2.34. The Morgan fingerprint density at radius 3 is 2.82 bits per heavy atom. The Bertz CT molecular complexity index is 496. The fourth-order valence-electron chi connectivity index (χ4n) is 2.27. The fourth-order valence-corrected chi connectivity index (χ4v) is 4.05. The molecule has 2 rings (SSSR count). The van der Waals surface area contributed by atoms with Gasteiger partial charge < -0.3 is 5.73 Å². The van der Waals surface area contributed by atoms with Crippen molar-refractivity contribution in [1.29, 1.82) is 0 Å². The van der Waals surface area contributed by atoms with Gasteiger partial charge in [0.25, 0.3) is 0 Å². The fraction of sp³-hybridized carbons (Fsp3) is 0.700. The molecule has 1 saturated heterocycles. The van der Waals surface area contributed by atoms with Gasteiger partial charge in [-0.05, 0) is 26.7 Å². The molecule has 0 spiro atoms. The summed E-state index contributed by atoms with van der Waals surface area (Å²) in [6.07, 6.45) is 2.78. The number of hydrogen-bond acceptors (Lipinski definition) is 4. The van der Waals surface area contributed by atoms with Gasteiger partial charge in [0.2, 0.25) is 10.0 Å². The Hall–Kier alpha value is -0.920. The van der Waals surface area contributed by atoms with Crippen LogP contribution in [-0.2, 0) is 10.0 Å². The topological polar surface area (TPSA) is 92.1 Å². The zero-order valence-corrected chi connectivity index (χ0v) is 10.9. The number of aromatic nitrogens is 2. The summed E-state index contributed by atoms with van der Waals surface area (Å²) in [5.74, 6) is 0. The Morgan fingerprint density at radius 2 is 2.29 bits per heavy atom. The van der Waals surface area contributed by atoms with E-state index < -0.39 is 10.0 Å². The molecule has 1 fully saturated rings. The number of sulfonamides is 1. The summed E-state index contributed by atoms with van der Waals surface area (Å²) in [5.41, 5.74) is 6.42. The van der Waals surface area contributed by atoms with Gasteiger partial charge >= 0.3 is 0 Å². The molecule has 0 bridgehead atoms. The number of rotatable bonds is 2. The number of piperidine rings is 1. The second-order valence-electron chi connectivity index (χ2n) is 4.61. The van der Waals surface area contributed by atoms with Gasteiger partial charge in [0.05, 0.1) is 11.9 Å². The number of nitrogens with zero attached hydrogens (tertiary/aromatic N) is 2. The third-order valence-corrected chi connectivity index (χ3v) is 5.35. The molecule has 17 heavy (non-hydrogen) atoms. The molecule has 6 nitrogen and oxygen atoms in total. The monoisotopic (exact) mass is 258 g/mol. The van der Waals surface area contributed by atoms with Crippen LogP contribution in [0.5, 0.6) is 0 Å². The van der Waals surface area contributed by atoms with Crippen molar-refractivity contribution in [3.63, 3.8) is 0 Å². The first-order chi connectivity index (χ1) is 7.93. The van der Waals surface area contributed by atoms with Crippen LogP contribution in [0.15, 0.2) is 11.1 Å². The molecule has 7 heteroatoms. The van der Waals surface area contributed by atoms with Crippen LogP contribution in [-0.4, -0.2) is 41.5 Å². The Balaban J connectivity index is 2.31. The third kappa shape index (κ3) is 2.22. The molecule has 0 aromatic carbocycles. The van der Waals surface area contributed by atoms with E-state index in [2.05, 4.69) is 10.2 Å². The zero-order valence-electron chi connectivity index (χ0n) is 10.0. The van der Waals surface area contributed by atoms with E-state index in [0.717, 1.165) is 0 Å². The van der Waals surface area contributed by atoms with Crippen LogP contribution in [0.4, 0.5) is 0 Å². The van der Waals surface area contributed by atoms with Crippen LogP contribution in [0.3, 0.4) is 0 Å². The Kier molecular flexibility index (Phi) is 3.24. The maximum absolute atomic E-state index is 12.4. The van der Waals surface area contributed by atoms with Crippen LogP contribution in [0.25, 0.3) is 0 Å². The smallest absolute Gasteiger partial charge is 0.246 e. The highest BCUT2D eigenvalue weighted by Crippen LogP contribution is 2.25. The molecule has 96 valence electrons.